The Balaban J connectivity index is 0. The predicted octanol–water partition coefficient (Wildman–Crippen LogP) is 2.95. The first-order valence-electron chi connectivity index (χ1n) is 8.74. The van der Waals surface area contributed by atoms with Crippen molar-refractivity contribution in [1.82, 2.24) is 15.5 Å². The summed E-state index contributed by atoms with van der Waals surface area (Å²) >= 11 is 0. The summed E-state index contributed by atoms with van der Waals surface area (Å²) in [5.41, 5.74) is 0. The maximum absolute atomic E-state index is 5.58. The summed E-state index contributed by atoms with van der Waals surface area (Å²) in [6.45, 7) is 20.3. The van der Waals surface area contributed by atoms with Crippen LogP contribution >= 0.6 is 24.0 Å². The minimum absolute atomic E-state index is 0. The Bertz CT molecular complexity index is 288. The highest BCUT2D eigenvalue weighted by Gasteiger charge is 2.12. The van der Waals surface area contributed by atoms with Crippen molar-refractivity contribution in [2.45, 2.75) is 60.5 Å². The molecule has 0 spiro atoms. The van der Waals surface area contributed by atoms with Crippen LogP contribution in [0.2, 0.25) is 0 Å². The van der Waals surface area contributed by atoms with Crippen LogP contribution in [-0.4, -0.2) is 62.3 Å². The van der Waals surface area contributed by atoms with Crippen molar-refractivity contribution in [3.05, 3.63) is 0 Å². The number of guanidine groups is 1. The lowest BCUT2D eigenvalue weighted by atomic mass is 10.2. The van der Waals surface area contributed by atoms with Gasteiger partial charge < -0.3 is 15.4 Å². The van der Waals surface area contributed by atoms with Crippen molar-refractivity contribution in [3.63, 3.8) is 0 Å². The van der Waals surface area contributed by atoms with Gasteiger partial charge in [-0.25, -0.2) is 0 Å². The number of rotatable bonds is 11. The number of hydrogen-bond acceptors (Lipinski definition) is 3. The highest BCUT2D eigenvalue weighted by Crippen LogP contribution is 2.03. The molecule has 0 unspecified atom stereocenters. The molecule has 0 aliphatic heterocycles. The van der Waals surface area contributed by atoms with Crippen LogP contribution in [0.1, 0.15) is 48.5 Å². The van der Waals surface area contributed by atoms with Crippen molar-refractivity contribution >= 4 is 29.9 Å². The molecule has 5 nitrogen and oxygen atoms in total. The third kappa shape index (κ3) is 14.0. The Morgan fingerprint density at radius 1 is 1.04 bits per heavy atom. The van der Waals surface area contributed by atoms with Gasteiger partial charge in [0.05, 0.1) is 13.2 Å². The molecule has 0 aliphatic carbocycles. The van der Waals surface area contributed by atoms with Crippen LogP contribution in [0.5, 0.6) is 0 Å². The van der Waals surface area contributed by atoms with Gasteiger partial charge in [0.1, 0.15) is 0 Å². The SMILES string of the molecule is CCNC(=NCCN(C(C)C)C(C)C)NCCOCC(C)C.I. The molecule has 0 radical (unpaired) electrons. The minimum atomic E-state index is 0. The summed E-state index contributed by atoms with van der Waals surface area (Å²) in [5.74, 6) is 1.46. The summed E-state index contributed by atoms with van der Waals surface area (Å²) in [5, 5.41) is 6.60. The zero-order valence-corrected chi connectivity index (χ0v) is 18.5. The van der Waals surface area contributed by atoms with Gasteiger partial charge in [-0.2, -0.15) is 0 Å². The van der Waals surface area contributed by atoms with E-state index >= 15 is 0 Å². The first kappa shape index (κ1) is 25.2. The van der Waals surface area contributed by atoms with Crippen LogP contribution in [0, 0.1) is 5.92 Å². The van der Waals surface area contributed by atoms with Crippen molar-refractivity contribution < 1.29 is 4.74 Å². The lowest BCUT2D eigenvalue weighted by molar-refractivity contribution is 0.114. The van der Waals surface area contributed by atoms with E-state index in [9.17, 15) is 0 Å². The van der Waals surface area contributed by atoms with E-state index in [0.717, 1.165) is 38.7 Å². The third-order valence-corrected chi connectivity index (χ3v) is 3.29. The summed E-state index contributed by atoms with van der Waals surface area (Å²) in [6.07, 6.45) is 0. The molecule has 0 rings (SSSR count). The van der Waals surface area contributed by atoms with E-state index in [-0.39, 0.29) is 24.0 Å². The molecule has 0 aliphatic rings. The van der Waals surface area contributed by atoms with Gasteiger partial charge in [0, 0.05) is 38.3 Å². The molecule has 0 heterocycles. The molecule has 0 fully saturated rings. The van der Waals surface area contributed by atoms with Crippen molar-refractivity contribution in [1.29, 1.82) is 0 Å². The summed E-state index contributed by atoms with van der Waals surface area (Å²) in [4.78, 5) is 7.11. The molecule has 0 atom stereocenters. The highest BCUT2D eigenvalue weighted by molar-refractivity contribution is 14.0. The summed E-state index contributed by atoms with van der Waals surface area (Å²) in [7, 11) is 0. The van der Waals surface area contributed by atoms with Crippen molar-refractivity contribution in [2.24, 2.45) is 10.9 Å². The van der Waals surface area contributed by atoms with Crippen LogP contribution < -0.4 is 10.6 Å². The van der Waals surface area contributed by atoms with Gasteiger partial charge in [0.15, 0.2) is 5.96 Å². The number of ether oxygens (including phenoxy) is 1. The zero-order chi connectivity index (χ0) is 17.0. The van der Waals surface area contributed by atoms with E-state index in [4.69, 9.17) is 4.74 Å². The van der Waals surface area contributed by atoms with E-state index < -0.39 is 0 Å². The monoisotopic (exact) mass is 442 g/mol. The standard InChI is InChI=1S/C17H38N4O.HI/c1-8-18-17(20-10-12-22-13-14(2)3)19-9-11-21(15(4)5)16(6)7;/h14-16H,8-13H2,1-7H3,(H2,18,19,20);1H. The van der Waals surface area contributed by atoms with Crippen LogP contribution in [0.25, 0.3) is 0 Å². The molecular formula is C17H39IN4O. The van der Waals surface area contributed by atoms with Crippen LogP contribution in [0.15, 0.2) is 4.99 Å². The van der Waals surface area contributed by atoms with Crippen LogP contribution in [0.4, 0.5) is 0 Å². The first-order valence-corrected chi connectivity index (χ1v) is 8.74. The summed E-state index contributed by atoms with van der Waals surface area (Å²) < 4.78 is 5.58. The molecule has 2 N–H and O–H groups in total. The Morgan fingerprint density at radius 2 is 1.65 bits per heavy atom. The van der Waals surface area contributed by atoms with Gasteiger partial charge in [0.2, 0.25) is 0 Å². The molecule has 0 aromatic carbocycles. The molecule has 6 heteroatoms. The van der Waals surface area contributed by atoms with Crippen LogP contribution in [0.3, 0.4) is 0 Å². The molecule has 0 aromatic rings. The minimum Gasteiger partial charge on any atom is -0.379 e. The fourth-order valence-corrected chi connectivity index (χ4v) is 2.29. The van der Waals surface area contributed by atoms with Gasteiger partial charge in [-0.05, 0) is 40.5 Å². The summed E-state index contributed by atoms with van der Waals surface area (Å²) in [6, 6.07) is 1.10. The quantitative estimate of drug-likeness (QED) is 0.224. The number of nitrogens with zero attached hydrogens (tertiary/aromatic N) is 2. The molecule has 0 amide bonds. The Kier molecular flexibility index (Phi) is 16.9. The van der Waals surface area contributed by atoms with Gasteiger partial charge >= 0.3 is 0 Å². The lowest BCUT2D eigenvalue weighted by Crippen LogP contribution is -2.41. The highest BCUT2D eigenvalue weighted by atomic mass is 127. The normalized spacial score (nSPS) is 12.2. The molecule has 0 aromatic heterocycles. The number of nitrogens with one attached hydrogen (secondary N) is 2. The lowest BCUT2D eigenvalue weighted by Gasteiger charge is -2.29. The molecule has 140 valence electrons. The number of aliphatic imine (C=N–C) groups is 1. The maximum atomic E-state index is 5.58. The Morgan fingerprint density at radius 3 is 2.13 bits per heavy atom. The average Bonchev–Trinajstić information content (AvgIpc) is 2.41. The largest absolute Gasteiger partial charge is 0.379 e. The topological polar surface area (TPSA) is 48.9 Å². The van der Waals surface area contributed by atoms with Gasteiger partial charge in [0.25, 0.3) is 0 Å². The molecule has 0 saturated heterocycles. The Hall–Kier alpha value is -0.0800. The van der Waals surface area contributed by atoms with E-state index in [1.807, 2.05) is 0 Å². The van der Waals surface area contributed by atoms with Gasteiger partial charge in [-0.15, -0.1) is 24.0 Å². The maximum Gasteiger partial charge on any atom is 0.191 e. The average molecular weight is 442 g/mol. The number of halogens is 1. The smallest absolute Gasteiger partial charge is 0.191 e. The predicted molar refractivity (Wildman–Crippen MR) is 112 cm³/mol. The second-order valence-corrected chi connectivity index (χ2v) is 6.58. The van der Waals surface area contributed by atoms with Crippen molar-refractivity contribution in [2.75, 3.05) is 39.4 Å². The van der Waals surface area contributed by atoms with Gasteiger partial charge in [-0.1, -0.05) is 13.8 Å². The molecule has 0 saturated carbocycles. The first-order chi connectivity index (χ1) is 10.4. The van der Waals surface area contributed by atoms with Crippen molar-refractivity contribution in [3.8, 4) is 0 Å². The molecule has 0 bridgehead atoms. The van der Waals surface area contributed by atoms with E-state index in [0.29, 0.717) is 24.6 Å². The fraction of sp³-hybridized carbons (Fsp3) is 0.941. The van der Waals surface area contributed by atoms with E-state index in [1.165, 1.54) is 0 Å². The third-order valence-electron chi connectivity index (χ3n) is 3.29. The Labute approximate surface area is 161 Å². The van der Waals surface area contributed by atoms with E-state index in [1.54, 1.807) is 0 Å². The number of hydrogen-bond donors (Lipinski definition) is 2. The molecular weight excluding hydrogens is 403 g/mol. The second-order valence-electron chi connectivity index (χ2n) is 6.58. The van der Waals surface area contributed by atoms with Crippen LogP contribution in [-0.2, 0) is 4.74 Å². The van der Waals surface area contributed by atoms with E-state index in [2.05, 4.69) is 69.0 Å². The fourth-order valence-electron chi connectivity index (χ4n) is 2.29. The zero-order valence-electron chi connectivity index (χ0n) is 16.2. The molecule has 23 heavy (non-hydrogen) atoms. The second kappa shape index (κ2) is 15.4. The van der Waals surface area contributed by atoms with Gasteiger partial charge in [-0.3, -0.25) is 9.89 Å².